The van der Waals surface area contributed by atoms with Crippen molar-refractivity contribution < 1.29 is 68.2 Å². The molecule has 6 heterocycles. The molecule has 0 saturated heterocycles. The van der Waals surface area contributed by atoms with Gasteiger partial charge in [0.05, 0.1) is 53.8 Å². The molecule has 2 aromatic carbocycles. The van der Waals surface area contributed by atoms with Crippen LogP contribution in [0.5, 0.6) is 23.0 Å². The molecule has 0 saturated carbocycles. The van der Waals surface area contributed by atoms with Crippen molar-refractivity contribution in [3.63, 3.8) is 0 Å². The number of rotatable bonds is 17. The van der Waals surface area contributed by atoms with Gasteiger partial charge in [-0.3, -0.25) is 4.79 Å². The number of fused-ring (bicyclic) bond motifs is 1. The number of nitrogen functional groups attached to an aromatic ring is 4. The predicted molar refractivity (Wildman–Crippen MR) is 370 cm³/mol. The summed E-state index contributed by atoms with van der Waals surface area (Å²) < 4.78 is 30.3. The quantitative estimate of drug-likeness (QED) is 0.0119. The number of benzene rings is 2. The van der Waals surface area contributed by atoms with Crippen molar-refractivity contribution in [2.75, 3.05) is 95.9 Å². The number of carbonyl (C=O) groups excluding carboxylic acids is 3. The summed E-state index contributed by atoms with van der Waals surface area (Å²) in [5, 5.41) is 12.6. The normalized spacial score (nSPS) is 9.41. The zero-order chi connectivity index (χ0) is 63.7. The standard InChI is InChI=1S/C16H16N4O2S.C10H11NO2.C8H9ClN2O2S.C8H11N3O2S.C6H9N3OS.C6H7N3OS.3CH4.Al.Li.4H/c1-21-11-4-9(5-12(7-11)22-2)13-6-10-8-18-16(23-3)20-15(10)19-14(13)17;1-11-7-8-4-9(12-2)6-10(5-8)13-3;2*1-3-13-7(12)5-4-10-8(14-2)11-6(5)9;2*1-11-6-8-2-4(3-10)5(7)9-6;;;;;;;;;/h4-8H,1-3H3,(H2,17,18,19,20);4-6H,7H2,2-3H3;4H,3H2,1-2H3;4H,3H2,1-2H3,(H2,9,10,11);2,10H,3H2,1H3,(H2,7,8,9);2-3H,1H3,(H2,7,8,9);3*1H4;;;;;;/q;;;;;;;;;;+1;;;;-1. The fourth-order valence-corrected chi connectivity index (χ4v) is 8.11. The molecule has 0 aliphatic heterocycles. The number of hydrogen-bond donors (Lipinski definition) is 5. The van der Waals surface area contributed by atoms with Gasteiger partial charge in [-0.25, -0.2) is 71.0 Å². The molecule has 6 aromatic heterocycles. The van der Waals surface area contributed by atoms with Gasteiger partial charge in [0.15, 0.2) is 55.1 Å². The second-order valence-corrected chi connectivity index (χ2v) is 20.0. The number of pyridine rings is 1. The van der Waals surface area contributed by atoms with Crippen molar-refractivity contribution in [1.82, 2.24) is 54.8 Å². The summed E-state index contributed by atoms with van der Waals surface area (Å²) >= 11 is 12.8. The molecule has 8 rings (SSSR count). The van der Waals surface area contributed by atoms with E-state index in [0.29, 0.717) is 91.7 Å². The third-order valence-electron chi connectivity index (χ3n) is 10.3. The van der Waals surface area contributed by atoms with E-state index in [-0.39, 0.29) is 94.5 Å². The number of aliphatic hydroxyl groups is 1. The van der Waals surface area contributed by atoms with Gasteiger partial charge in [-0.1, -0.05) is 92.7 Å². The number of halogens is 1. The number of aldehydes is 1. The molecule has 0 atom stereocenters. The number of aromatic nitrogens is 11. The van der Waals surface area contributed by atoms with Crippen LogP contribution < -0.4 is 60.7 Å². The van der Waals surface area contributed by atoms with E-state index in [2.05, 4.69) is 59.7 Å². The van der Waals surface area contributed by atoms with E-state index in [1.165, 1.54) is 83.6 Å². The molecule has 0 aliphatic rings. The van der Waals surface area contributed by atoms with Gasteiger partial charge in [0.25, 0.3) is 0 Å². The summed E-state index contributed by atoms with van der Waals surface area (Å²) in [6.07, 6.45) is 17.4. The molecule has 0 aliphatic carbocycles. The van der Waals surface area contributed by atoms with E-state index in [9.17, 15) is 14.4 Å². The minimum Gasteiger partial charge on any atom is -1.00 e. The number of esters is 2. The first-order valence-electron chi connectivity index (χ1n) is 24.6. The molecule has 0 bridgehead atoms. The van der Waals surface area contributed by atoms with Gasteiger partial charge in [-0.15, -0.1) is 0 Å². The zero-order valence-electron chi connectivity index (χ0n) is 50.6. The Morgan fingerprint density at radius 2 is 1.00 bits per heavy atom. The van der Waals surface area contributed by atoms with Gasteiger partial charge in [-0.2, -0.15) is 0 Å². The van der Waals surface area contributed by atoms with Crippen LogP contribution in [0.15, 0.2) is 99.2 Å². The number of carbonyl (C=O) groups is 3. The maximum Gasteiger partial charge on any atom is 1.00 e. The molecule has 0 unspecified atom stereocenters. The van der Waals surface area contributed by atoms with Crippen molar-refractivity contribution in [3.05, 3.63) is 118 Å². The van der Waals surface area contributed by atoms with Crippen molar-refractivity contribution in [2.24, 2.45) is 0 Å². The van der Waals surface area contributed by atoms with Crippen LogP contribution in [0.4, 0.5) is 23.3 Å². The van der Waals surface area contributed by atoms with Gasteiger partial charge < -0.3 is 62.7 Å². The molecule has 34 heteroatoms. The van der Waals surface area contributed by atoms with E-state index in [4.69, 9.17) is 74.6 Å². The number of aliphatic hydroxyl groups excluding tert-OH is 1. The molecular formula is C57H79AlClLiN16O10S5. The van der Waals surface area contributed by atoms with Crippen molar-refractivity contribution in [3.8, 4) is 34.1 Å². The van der Waals surface area contributed by atoms with Crippen LogP contribution in [0, 0.1) is 6.57 Å². The molecule has 9 N–H and O–H groups in total. The largest absolute Gasteiger partial charge is 1.00 e. The van der Waals surface area contributed by atoms with Crippen LogP contribution in [-0.2, 0) is 22.6 Å². The Kier molecular flexibility index (Phi) is 46.2. The number of methoxy groups -OCH3 is 4. The molecule has 91 heavy (non-hydrogen) atoms. The Balaban J connectivity index is -0.000000509. The molecule has 488 valence electrons. The van der Waals surface area contributed by atoms with E-state index >= 15 is 0 Å². The monoisotopic (exact) mass is 1380 g/mol. The third-order valence-corrected chi connectivity index (χ3v) is 13.4. The maximum atomic E-state index is 11.3. The van der Waals surface area contributed by atoms with Crippen molar-refractivity contribution >= 4 is 140 Å². The number of ether oxygens (including phenoxy) is 6. The summed E-state index contributed by atoms with van der Waals surface area (Å²) in [6.45, 7) is 11.0. The Bertz CT molecular complexity index is 3480. The molecule has 26 nitrogen and oxygen atoms in total. The average Bonchev–Trinajstić information content (AvgIpc) is 0.991. The Hall–Kier alpha value is -7.12. The van der Waals surface area contributed by atoms with E-state index in [1.807, 2.05) is 67.7 Å². The van der Waals surface area contributed by atoms with Crippen LogP contribution in [-0.4, -0.2) is 168 Å². The second kappa shape index (κ2) is 47.7. The van der Waals surface area contributed by atoms with Crippen LogP contribution in [0.2, 0.25) is 5.15 Å². The molecular weight excluding hydrogens is 1300 g/mol. The fraction of sp³-hybridized carbons (Fsp3) is 0.316. The second-order valence-electron chi connectivity index (χ2n) is 15.7. The summed E-state index contributed by atoms with van der Waals surface area (Å²) in [5.74, 6) is 2.98. The van der Waals surface area contributed by atoms with E-state index < -0.39 is 11.9 Å². The predicted octanol–water partition coefficient (Wildman–Crippen LogP) is 6.83. The Morgan fingerprint density at radius 3 is 1.42 bits per heavy atom. The number of hydrogen-bond acceptors (Lipinski definition) is 30. The Morgan fingerprint density at radius 1 is 0.582 bits per heavy atom. The van der Waals surface area contributed by atoms with Crippen LogP contribution >= 0.6 is 70.4 Å². The third kappa shape index (κ3) is 28.9. The van der Waals surface area contributed by atoms with Gasteiger partial charge in [0.1, 0.15) is 62.5 Å². The Labute approximate surface area is 581 Å². The van der Waals surface area contributed by atoms with Gasteiger partial charge in [0, 0.05) is 65.2 Å². The first-order chi connectivity index (χ1) is 41.4. The fourth-order valence-electron chi connectivity index (χ4n) is 6.14. The van der Waals surface area contributed by atoms with Gasteiger partial charge in [0.2, 0.25) is 6.54 Å². The van der Waals surface area contributed by atoms with Gasteiger partial charge >= 0.3 is 30.8 Å². The number of anilines is 4. The van der Waals surface area contributed by atoms with E-state index in [0.717, 1.165) is 33.6 Å². The molecule has 0 radical (unpaired) electrons. The maximum absolute atomic E-state index is 11.3. The van der Waals surface area contributed by atoms with Crippen LogP contribution in [0.25, 0.3) is 27.0 Å². The first kappa shape index (κ1) is 88.1. The number of nitrogens with two attached hydrogens (primary N) is 4. The van der Waals surface area contributed by atoms with E-state index in [1.54, 1.807) is 54.5 Å². The summed E-state index contributed by atoms with van der Waals surface area (Å²) in [7, 11) is 6.41. The molecule has 0 fully saturated rings. The smallest absolute Gasteiger partial charge is 1.00 e. The summed E-state index contributed by atoms with van der Waals surface area (Å²) in [6, 6.07) is 13.0. The molecule has 0 amide bonds. The van der Waals surface area contributed by atoms with Crippen molar-refractivity contribution in [2.45, 2.75) is 75.1 Å². The van der Waals surface area contributed by atoms with Crippen LogP contribution in [0.1, 0.15) is 79.8 Å². The molecule has 0 spiro atoms. The summed E-state index contributed by atoms with van der Waals surface area (Å²) in [5.41, 5.74) is 27.1. The van der Waals surface area contributed by atoms with Gasteiger partial charge in [-0.05, 0) is 81.0 Å². The zero-order valence-corrected chi connectivity index (χ0v) is 54.4. The number of thioether (sulfide) groups is 5. The topological polar surface area (TPSA) is 377 Å². The van der Waals surface area contributed by atoms with Crippen molar-refractivity contribution in [1.29, 1.82) is 0 Å². The summed E-state index contributed by atoms with van der Waals surface area (Å²) in [4.78, 5) is 80.5. The SMILES string of the molecule is C.C.C.CCOC(=O)c1cnc(SC)nc1Cl.CCOC(=O)c1cnc(SC)nc1N.COc1cc(OC)cc(-c2cc3cnc(SC)nc3nc2N)c1.CSc1ncc(C=O)c(N)n1.CSc1ncc(CO)c(N)n1.[AlH3].[C-]#[N+]Cc1cc(OC)cc(OC)c1.[H-].[Li+]. The minimum atomic E-state index is -0.495. The number of nitrogens with zero attached hydrogens (tertiary/aromatic N) is 12. The first-order valence-corrected chi connectivity index (χ1v) is 31.1. The average molecular weight is 1380 g/mol. The minimum absolute atomic E-state index is 0. The molecule has 8 aromatic rings. The van der Waals surface area contributed by atoms with Crippen LogP contribution in [0.3, 0.4) is 0 Å².